The molecule has 1 fully saturated rings. The largest absolute Gasteiger partial charge is 0.386 e. The molecule has 1 aliphatic heterocycles. The van der Waals surface area contributed by atoms with Crippen molar-refractivity contribution in [3.05, 3.63) is 16.8 Å². The third-order valence-electron chi connectivity index (χ3n) is 2.92. The van der Waals surface area contributed by atoms with Gasteiger partial charge in [0.25, 0.3) is 0 Å². The molecule has 1 saturated heterocycles. The fourth-order valence-electron chi connectivity index (χ4n) is 1.99. The molecular formula is C11H13N5O2S. The minimum Gasteiger partial charge on any atom is -0.386 e. The molecule has 1 amide bonds. The maximum Gasteiger partial charge on any atom is 0.246 e. The van der Waals surface area contributed by atoms with Crippen molar-refractivity contribution in [2.45, 2.75) is 19.1 Å². The molecule has 0 atom stereocenters. The number of tetrazole rings is 1. The van der Waals surface area contributed by atoms with Crippen molar-refractivity contribution in [1.82, 2.24) is 25.1 Å². The second-order valence-electron chi connectivity index (χ2n) is 4.90. The molecule has 8 heteroatoms. The maximum atomic E-state index is 11.9. The van der Waals surface area contributed by atoms with Crippen LogP contribution in [0.25, 0.3) is 11.4 Å². The van der Waals surface area contributed by atoms with Gasteiger partial charge in [-0.05, 0) is 23.6 Å². The van der Waals surface area contributed by atoms with Crippen LogP contribution in [0.2, 0.25) is 0 Å². The van der Waals surface area contributed by atoms with Gasteiger partial charge in [0.2, 0.25) is 11.7 Å². The lowest BCUT2D eigenvalue weighted by atomic mass is 9.97. The van der Waals surface area contributed by atoms with Gasteiger partial charge < -0.3 is 10.0 Å². The number of β-amino-alcohol motifs (C(OH)–C–C–N with tert-alkyl or cyclic N) is 1. The van der Waals surface area contributed by atoms with E-state index in [0.717, 1.165) is 5.56 Å². The number of aromatic nitrogens is 4. The van der Waals surface area contributed by atoms with Crippen molar-refractivity contribution >= 4 is 17.2 Å². The normalized spacial score (nSPS) is 17.3. The number of likely N-dealkylation sites (tertiary alicyclic amines) is 1. The highest BCUT2D eigenvalue weighted by Crippen LogP contribution is 2.20. The van der Waals surface area contributed by atoms with Gasteiger partial charge in [0.15, 0.2) is 0 Å². The summed E-state index contributed by atoms with van der Waals surface area (Å²) in [7, 11) is 0. The van der Waals surface area contributed by atoms with E-state index >= 15 is 0 Å². The smallest absolute Gasteiger partial charge is 0.246 e. The van der Waals surface area contributed by atoms with E-state index in [2.05, 4.69) is 15.4 Å². The second kappa shape index (κ2) is 4.39. The lowest BCUT2D eigenvalue weighted by Crippen LogP contribution is -2.62. The van der Waals surface area contributed by atoms with Crippen LogP contribution in [0.1, 0.15) is 6.92 Å². The average Bonchev–Trinajstić information content (AvgIpc) is 2.94. The van der Waals surface area contributed by atoms with Gasteiger partial charge in [-0.2, -0.15) is 16.1 Å². The van der Waals surface area contributed by atoms with Gasteiger partial charge in [-0.15, -0.1) is 10.2 Å². The van der Waals surface area contributed by atoms with Crippen LogP contribution in [0.5, 0.6) is 0 Å². The van der Waals surface area contributed by atoms with Crippen molar-refractivity contribution in [2.24, 2.45) is 0 Å². The Bertz CT molecular complexity index is 584. The van der Waals surface area contributed by atoms with Crippen LogP contribution in [0.15, 0.2) is 16.8 Å². The summed E-state index contributed by atoms with van der Waals surface area (Å²) >= 11 is 1.56. The monoisotopic (exact) mass is 279 g/mol. The van der Waals surface area contributed by atoms with Crippen molar-refractivity contribution in [1.29, 1.82) is 0 Å². The van der Waals surface area contributed by atoms with E-state index in [4.69, 9.17) is 0 Å². The highest BCUT2D eigenvalue weighted by molar-refractivity contribution is 7.08. The second-order valence-corrected chi connectivity index (χ2v) is 5.68. The third-order valence-corrected chi connectivity index (χ3v) is 3.61. The van der Waals surface area contributed by atoms with Gasteiger partial charge >= 0.3 is 0 Å². The molecule has 0 saturated carbocycles. The SMILES string of the molecule is CC1(O)CN(C(=O)Cn2nnc(-c3ccsc3)n2)C1. The molecule has 7 nitrogen and oxygen atoms in total. The minimum absolute atomic E-state index is 0.0488. The van der Waals surface area contributed by atoms with Crippen molar-refractivity contribution in [3.63, 3.8) is 0 Å². The zero-order valence-corrected chi connectivity index (χ0v) is 11.2. The van der Waals surface area contributed by atoms with E-state index < -0.39 is 5.60 Å². The number of hydrogen-bond acceptors (Lipinski definition) is 6. The molecule has 0 spiro atoms. The summed E-state index contributed by atoms with van der Waals surface area (Å²) in [6, 6.07) is 1.90. The Labute approximate surface area is 113 Å². The topological polar surface area (TPSA) is 84.1 Å². The average molecular weight is 279 g/mol. The van der Waals surface area contributed by atoms with Gasteiger partial charge in [0, 0.05) is 10.9 Å². The van der Waals surface area contributed by atoms with Gasteiger partial charge in [0.1, 0.15) is 6.54 Å². The Morgan fingerprint density at radius 3 is 3.00 bits per heavy atom. The summed E-state index contributed by atoms with van der Waals surface area (Å²) in [6.07, 6.45) is 0. The number of nitrogens with zero attached hydrogens (tertiary/aromatic N) is 5. The predicted octanol–water partition coefficient (Wildman–Crippen LogP) is -0.00520. The molecule has 0 aliphatic carbocycles. The molecular weight excluding hydrogens is 266 g/mol. The Kier molecular flexibility index (Phi) is 2.83. The molecule has 1 aliphatic rings. The molecule has 0 unspecified atom stereocenters. The Balaban J connectivity index is 1.63. The van der Waals surface area contributed by atoms with E-state index in [-0.39, 0.29) is 12.5 Å². The molecule has 0 bridgehead atoms. The molecule has 0 radical (unpaired) electrons. The van der Waals surface area contributed by atoms with Crippen molar-refractivity contribution < 1.29 is 9.90 Å². The lowest BCUT2D eigenvalue weighted by Gasteiger charge is -2.43. The highest BCUT2D eigenvalue weighted by Gasteiger charge is 2.39. The summed E-state index contributed by atoms with van der Waals surface area (Å²) in [5.74, 6) is 0.408. The van der Waals surface area contributed by atoms with Crippen LogP contribution < -0.4 is 0 Å². The van der Waals surface area contributed by atoms with Gasteiger partial charge in [0.05, 0.1) is 18.7 Å². The molecule has 19 heavy (non-hydrogen) atoms. The summed E-state index contributed by atoms with van der Waals surface area (Å²) in [6.45, 7) is 2.47. The standard InChI is InChI=1S/C11H13N5O2S/c1-11(18)6-15(7-11)9(17)4-16-13-10(12-14-16)8-2-3-19-5-8/h2-3,5,18H,4,6-7H2,1H3. The minimum atomic E-state index is -0.757. The number of rotatable bonds is 3. The first kappa shape index (κ1) is 12.2. The summed E-state index contributed by atoms with van der Waals surface area (Å²) in [5.41, 5.74) is 0.142. The van der Waals surface area contributed by atoms with Crippen LogP contribution in [-0.2, 0) is 11.3 Å². The fraction of sp³-hybridized carbons (Fsp3) is 0.455. The van der Waals surface area contributed by atoms with E-state index in [1.807, 2.05) is 16.8 Å². The van der Waals surface area contributed by atoms with Gasteiger partial charge in [-0.3, -0.25) is 4.79 Å². The molecule has 0 aromatic carbocycles. The van der Waals surface area contributed by atoms with E-state index in [0.29, 0.717) is 18.9 Å². The van der Waals surface area contributed by atoms with Gasteiger partial charge in [-0.25, -0.2) is 0 Å². The van der Waals surface area contributed by atoms with Crippen LogP contribution >= 0.6 is 11.3 Å². The van der Waals surface area contributed by atoms with Crippen LogP contribution in [-0.4, -0.2) is 54.8 Å². The quantitative estimate of drug-likeness (QED) is 0.854. The zero-order chi connectivity index (χ0) is 13.5. The molecule has 2 aromatic heterocycles. The summed E-state index contributed by atoms with van der Waals surface area (Å²) in [4.78, 5) is 14.7. The fourth-order valence-corrected chi connectivity index (χ4v) is 2.63. The third kappa shape index (κ3) is 2.49. The van der Waals surface area contributed by atoms with Crippen LogP contribution in [0, 0.1) is 0 Å². The number of carbonyl (C=O) groups is 1. The number of aliphatic hydroxyl groups is 1. The lowest BCUT2D eigenvalue weighted by molar-refractivity contribution is -0.153. The highest BCUT2D eigenvalue weighted by atomic mass is 32.1. The van der Waals surface area contributed by atoms with E-state index in [1.165, 1.54) is 4.80 Å². The van der Waals surface area contributed by atoms with Gasteiger partial charge in [-0.1, -0.05) is 0 Å². The number of thiophene rings is 1. The van der Waals surface area contributed by atoms with Crippen LogP contribution in [0.4, 0.5) is 0 Å². The first-order chi connectivity index (χ1) is 9.03. The molecule has 3 rings (SSSR count). The van der Waals surface area contributed by atoms with E-state index in [9.17, 15) is 9.90 Å². The molecule has 2 aromatic rings. The zero-order valence-electron chi connectivity index (χ0n) is 10.4. The molecule has 1 N–H and O–H groups in total. The Hall–Kier alpha value is -1.80. The number of amides is 1. The maximum absolute atomic E-state index is 11.9. The summed E-state index contributed by atoms with van der Waals surface area (Å²) in [5, 5.41) is 25.4. The van der Waals surface area contributed by atoms with E-state index in [1.54, 1.807) is 23.2 Å². The van der Waals surface area contributed by atoms with Crippen molar-refractivity contribution in [2.75, 3.05) is 13.1 Å². The first-order valence-electron chi connectivity index (χ1n) is 5.84. The molecule has 100 valence electrons. The number of carbonyl (C=O) groups excluding carboxylic acids is 1. The predicted molar refractivity (Wildman–Crippen MR) is 68.3 cm³/mol. The molecule has 3 heterocycles. The first-order valence-corrected chi connectivity index (χ1v) is 6.78. The summed E-state index contributed by atoms with van der Waals surface area (Å²) < 4.78 is 0. The van der Waals surface area contributed by atoms with Crippen LogP contribution in [0.3, 0.4) is 0 Å². The Morgan fingerprint density at radius 2 is 2.37 bits per heavy atom. The number of hydrogen-bond donors (Lipinski definition) is 1. The van der Waals surface area contributed by atoms with Crippen molar-refractivity contribution in [3.8, 4) is 11.4 Å². The Morgan fingerprint density at radius 1 is 1.58 bits per heavy atom.